The van der Waals surface area contributed by atoms with E-state index in [9.17, 15) is 0 Å². The minimum Gasteiger partial charge on any atom is -0.334 e. The van der Waals surface area contributed by atoms with Crippen molar-refractivity contribution >= 4 is 11.0 Å². The largest absolute Gasteiger partial charge is 0.334 e. The second-order valence-corrected chi connectivity index (χ2v) is 4.33. The van der Waals surface area contributed by atoms with Crippen molar-refractivity contribution in [2.45, 2.75) is 0 Å². The molecular weight excluding hydrogens is 254 g/mol. The zero-order valence-electron chi connectivity index (χ0n) is 10.3. The molecule has 6 heteroatoms. The standard InChI is InChI=1S/C14H9N5O/c1-2-4-9(5-3-1)13-15-14(20-18-13)10-6-7-11-12(8-10)17-19-16-11/h1-8H,(H,16,17,19). The molecule has 4 rings (SSSR count). The van der Waals surface area contributed by atoms with E-state index in [4.69, 9.17) is 4.52 Å². The third-order valence-corrected chi connectivity index (χ3v) is 3.03. The first-order valence-electron chi connectivity index (χ1n) is 6.10. The van der Waals surface area contributed by atoms with Crippen LogP contribution in [0.3, 0.4) is 0 Å². The maximum absolute atomic E-state index is 5.31. The van der Waals surface area contributed by atoms with Crippen LogP contribution in [0.5, 0.6) is 0 Å². The number of benzene rings is 2. The third-order valence-electron chi connectivity index (χ3n) is 3.03. The summed E-state index contributed by atoms with van der Waals surface area (Å²) in [6.45, 7) is 0. The van der Waals surface area contributed by atoms with E-state index in [1.54, 1.807) is 0 Å². The number of rotatable bonds is 2. The molecule has 0 amide bonds. The minimum absolute atomic E-state index is 0.466. The zero-order chi connectivity index (χ0) is 13.4. The van der Waals surface area contributed by atoms with E-state index < -0.39 is 0 Å². The van der Waals surface area contributed by atoms with Crippen molar-refractivity contribution in [2.24, 2.45) is 0 Å². The van der Waals surface area contributed by atoms with Gasteiger partial charge in [0.05, 0.1) is 5.52 Å². The first kappa shape index (κ1) is 10.9. The SMILES string of the molecule is c1ccc(-c2noc(-c3ccc4[nH]nnc4c3)n2)cc1. The number of fused-ring (bicyclic) bond motifs is 1. The van der Waals surface area contributed by atoms with Gasteiger partial charge in [-0.2, -0.15) is 4.98 Å². The molecule has 20 heavy (non-hydrogen) atoms. The smallest absolute Gasteiger partial charge is 0.258 e. The second kappa shape index (κ2) is 4.27. The average Bonchev–Trinajstić information content (AvgIpc) is 3.16. The predicted octanol–water partition coefficient (Wildman–Crippen LogP) is 2.67. The van der Waals surface area contributed by atoms with E-state index in [1.807, 2.05) is 48.5 Å². The number of nitrogens with zero attached hydrogens (tertiary/aromatic N) is 4. The highest BCUT2D eigenvalue weighted by atomic mass is 16.5. The Labute approximate surface area is 113 Å². The Morgan fingerprint density at radius 1 is 0.950 bits per heavy atom. The highest BCUT2D eigenvalue weighted by Gasteiger charge is 2.11. The third kappa shape index (κ3) is 1.74. The summed E-state index contributed by atoms with van der Waals surface area (Å²) in [5, 5.41) is 14.5. The summed E-state index contributed by atoms with van der Waals surface area (Å²) < 4.78 is 5.31. The highest BCUT2D eigenvalue weighted by molar-refractivity contribution is 5.79. The average molecular weight is 263 g/mol. The van der Waals surface area contributed by atoms with Crippen LogP contribution < -0.4 is 0 Å². The van der Waals surface area contributed by atoms with Gasteiger partial charge in [0, 0.05) is 11.1 Å². The van der Waals surface area contributed by atoms with Crippen molar-refractivity contribution < 1.29 is 4.52 Å². The van der Waals surface area contributed by atoms with Crippen LogP contribution in [0.25, 0.3) is 33.9 Å². The molecular formula is C14H9N5O. The highest BCUT2D eigenvalue weighted by Crippen LogP contribution is 2.23. The van der Waals surface area contributed by atoms with E-state index in [2.05, 4.69) is 25.6 Å². The lowest BCUT2D eigenvalue weighted by molar-refractivity contribution is 0.432. The van der Waals surface area contributed by atoms with Crippen LogP contribution in [0.2, 0.25) is 0 Å². The normalized spacial score (nSPS) is 11.0. The van der Waals surface area contributed by atoms with Gasteiger partial charge in [0.2, 0.25) is 5.82 Å². The molecule has 0 radical (unpaired) electrons. The second-order valence-electron chi connectivity index (χ2n) is 4.33. The molecule has 0 spiro atoms. The zero-order valence-corrected chi connectivity index (χ0v) is 10.3. The van der Waals surface area contributed by atoms with Gasteiger partial charge in [0.15, 0.2) is 0 Å². The number of aromatic amines is 1. The molecule has 0 aliphatic heterocycles. The van der Waals surface area contributed by atoms with Gasteiger partial charge >= 0.3 is 0 Å². The van der Waals surface area contributed by atoms with Crippen LogP contribution in [0.15, 0.2) is 53.1 Å². The molecule has 96 valence electrons. The molecule has 2 aromatic carbocycles. The Bertz CT molecular complexity index is 865. The Hall–Kier alpha value is -3.02. The molecule has 0 saturated carbocycles. The first-order valence-corrected chi connectivity index (χ1v) is 6.10. The number of hydrogen-bond donors (Lipinski definition) is 1. The van der Waals surface area contributed by atoms with Crippen molar-refractivity contribution in [3.63, 3.8) is 0 Å². The summed E-state index contributed by atoms with van der Waals surface area (Å²) in [4.78, 5) is 4.41. The van der Waals surface area contributed by atoms with Crippen molar-refractivity contribution in [3.05, 3.63) is 48.5 Å². The monoisotopic (exact) mass is 263 g/mol. The number of nitrogens with one attached hydrogen (secondary N) is 1. The Kier molecular flexibility index (Phi) is 2.32. The lowest BCUT2D eigenvalue weighted by atomic mass is 10.2. The van der Waals surface area contributed by atoms with Crippen LogP contribution in [0, 0.1) is 0 Å². The lowest BCUT2D eigenvalue weighted by Gasteiger charge is -1.93. The molecule has 0 aliphatic rings. The fourth-order valence-electron chi connectivity index (χ4n) is 2.02. The molecule has 0 saturated heterocycles. The summed E-state index contributed by atoms with van der Waals surface area (Å²) in [7, 11) is 0. The maximum atomic E-state index is 5.31. The molecule has 2 aromatic heterocycles. The minimum atomic E-state index is 0.466. The van der Waals surface area contributed by atoms with Gasteiger partial charge in [-0.15, -0.1) is 5.10 Å². The molecule has 4 aromatic rings. The Morgan fingerprint density at radius 3 is 2.75 bits per heavy atom. The molecule has 1 N–H and O–H groups in total. The first-order chi connectivity index (χ1) is 9.90. The van der Waals surface area contributed by atoms with Crippen LogP contribution in [-0.4, -0.2) is 25.6 Å². The van der Waals surface area contributed by atoms with E-state index in [0.29, 0.717) is 11.7 Å². The van der Waals surface area contributed by atoms with Crippen LogP contribution in [0.4, 0.5) is 0 Å². The van der Waals surface area contributed by atoms with E-state index in [1.165, 1.54) is 0 Å². The molecule has 0 bridgehead atoms. The van der Waals surface area contributed by atoms with Crippen molar-refractivity contribution in [3.8, 4) is 22.8 Å². The molecule has 6 nitrogen and oxygen atoms in total. The Balaban J connectivity index is 1.77. The van der Waals surface area contributed by atoms with E-state index in [-0.39, 0.29) is 0 Å². The van der Waals surface area contributed by atoms with Crippen LogP contribution in [0.1, 0.15) is 0 Å². The van der Waals surface area contributed by atoms with Gasteiger partial charge in [0.25, 0.3) is 5.89 Å². The number of H-pyrrole nitrogens is 1. The van der Waals surface area contributed by atoms with Crippen molar-refractivity contribution in [2.75, 3.05) is 0 Å². The lowest BCUT2D eigenvalue weighted by Crippen LogP contribution is -1.81. The van der Waals surface area contributed by atoms with Gasteiger partial charge in [-0.3, -0.25) is 5.10 Å². The number of aromatic nitrogens is 5. The van der Waals surface area contributed by atoms with Crippen molar-refractivity contribution in [1.29, 1.82) is 0 Å². The summed E-state index contributed by atoms with van der Waals surface area (Å²) in [5.74, 6) is 1.04. The fourth-order valence-corrected chi connectivity index (χ4v) is 2.02. The molecule has 0 unspecified atom stereocenters. The number of hydrogen-bond acceptors (Lipinski definition) is 5. The fraction of sp³-hybridized carbons (Fsp3) is 0. The predicted molar refractivity (Wildman–Crippen MR) is 72.6 cm³/mol. The van der Waals surface area contributed by atoms with Gasteiger partial charge < -0.3 is 4.52 Å². The summed E-state index contributed by atoms with van der Waals surface area (Å²) >= 11 is 0. The summed E-state index contributed by atoms with van der Waals surface area (Å²) in [5.41, 5.74) is 3.38. The van der Waals surface area contributed by atoms with Gasteiger partial charge in [-0.25, -0.2) is 0 Å². The van der Waals surface area contributed by atoms with E-state index >= 15 is 0 Å². The summed E-state index contributed by atoms with van der Waals surface area (Å²) in [6.07, 6.45) is 0. The molecule has 0 fully saturated rings. The quantitative estimate of drug-likeness (QED) is 0.601. The maximum Gasteiger partial charge on any atom is 0.258 e. The topological polar surface area (TPSA) is 80.5 Å². The molecule has 0 aliphatic carbocycles. The van der Waals surface area contributed by atoms with E-state index in [0.717, 1.165) is 22.2 Å². The van der Waals surface area contributed by atoms with Gasteiger partial charge in [0.1, 0.15) is 5.52 Å². The molecule has 0 atom stereocenters. The molecule has 2 heterocycles. The Morgan fingerprint density at radius 2 is 1.85 bits per heavy atom. The summed E-state index contributed by atoms with van der Waals surface area (Å²) in [6, 6.07) is 15.3. The van der Waals surface area contributed by atoms with Crippen LogP contribution in [-0.2, 0) is 0 Å². The van der Waals surface area contributed by atoms with Gasteiger partial charge in [-0.1, -0.05) is 40.7 Å². The van der Waals surface area contributed by atoms with Crippen LogP contribution >= 0.6 is 0 Å². The van der Waals surface area contributed by atoms with Crippen molar-refractivity contribution in [1.82, 2.24) is 25.6 Å². The van der Waals surface area contributed by atoms with Gasteiger partial charge in [-0.05, 0) is 18.2 Å².